The van der Waals surface area contributed by atoms with Gasteiger partial charge in [-0.1, -0.05) is 13.8 Å². The number of aromatic nitrogens is 4. The van der Waals surface area contributed by atoms with Crippen molar-refractivity contribution >= 4 is 29.9 Å². The predicted molar refractivity (Wildman–Crippen MR) is 131 cm³/mol. The number of nitrogens with one attached hydrogen (secondary N) is 1. The van der Waals surface area contributed by atoms with Gasteiger partial charge in [-0.3, -0.25) is 0 Å². The molecular formula is C24H25ClF6N6O. The summed E-state index contributed by atoms with van der Waals surface area (Å²) in [6, 6.07) is 4.26. The molecule has 3 aromatic rings. The van der Waals surface area contributed by atoms with E-state index in [1.54, 1.807) is 4.90 Å². The van der Waals surface area contributed by atoms with Gasteiger partial charge in [-0.15, -0.1) is 12.4 Å². The van der Waals surface area contributed by atoms with Gasteiger partial charge < -0.3 is 15.0 Å². The van der Waals surface area contributed by atoms with Crippen molar-refractivity contribution in [2.75, 3.05) is 30.4 Å². The zero-order valence-electron chi connectivity index (χ0n) is 20.6. The number of methoxy groups -OCH3 is 1. The molecule has 1 N–H and O–H groups in total. The van der Waals surface area contributed by atoms with Crippen LogP contribution in [-0.4, -0.2) is 40.1 Å². The van der Waals surface area contributed by atoms with Crippen LogP contribution in [0.4, 0.5) is 43.8 Å². The van der Waals surface area contributed by atoms with Crippen LogP contribution in [0.3, 0.4) is 0 Å². The van der Waals surface area contributed by atoms with Crippen molar-refractivity contribution in [3.63, 3.8) is 0 Å². The van der Waals surface area contributed by atoms with E-state index < -0.39 is 29.4 Å². The number of alkyl halides is 6. The summed E-state index contributed by atoms with van der Waals surface area (Å²) in [5, 5.41) is 2.98. The molecule has 0 saturated heterocycles. The number of hydrogen-bond donors (Lipinski definition) is 1. The van der Waals surface area contributed by atoms with Crippen molar-refractivity contribution in [3.05, 3.63) is 58.7 Å². The number of anilines is 3. The second kappa shape index (κ2) is 11.2. The van der Waals surface area contributed by atoms with Crippen molar-refractivity contribution in [2.45, 2.75) is 45.0 Å². The molecule has 0 aromatic carbocycles. The lowest BCUT2D eigenvalue weighted by atomic mass is 10.1. The fourth-order valence-corrected chi connectivity index (χ4v) is 4.06. The van der Waals surface area contributed by atoms with Crippen LogP contribution in [0.15, 0.2) is 30.5 Å². The highest BCUT2D eigenvalue weighted by Gasteiger charge is 2.37. The smallest absolute Gasteiger partial charge is 0.421 e. The van der Waals surface area contributed by atoms with Crippen LogP contribution in [0.25, 0.3) is 0 Å². The van der Waals surface area contributed by atoms with Gasteiger partial charge in [0.15, 0.2) is 0 Å². The molecule has 0 amide bonds. The van der Waals surface area contributed by atoms with E-state index in [1.165, 1.54) is 18.3 Å². The summed E-state index contributed by atoms with van der Waals surface area (Å²) in [6.45, 7) is 4.22. The Morgan fingerprint density at radius 1 is 0.921 bits per heavy atom. The number of pyridine rings is 2. The Morgan fingerprint density at radius 2 is 1.61 bits per heavy atom. The van der Waals surface area contributed by atoms with Gasteiger partial charge in [-0.25, -0.2) is 15.0 Å². The highest BCUT2D eigenvalue weighted by Crippen LogP contribution is 2.38. The fraction of sp³-hybridized carbons (Fsp3) is 0.417. The van der Waals surface area contributed by atoms with E-state index >= 15 is 0 Å². The Labute approximate surface area is 221 Å². The monoisotopic (exact) mass is 562 g/mol. The Hall–Kier alpha value is -3.35. The zero-order valence-corrected chi connectivity index (χ0v) is 21.4. The van der Waals surface area contributed by atoms with Crippen LogP contribution in [0.2, 0.25) is 0 Å². The lowest BCUT2D eigenvalue weighted by Gasteiger charge is -2.24. The molecule has 0 fully saturated rings. The van der Waals surface area contributed by atoms with Crippen molar-refractivity contribution in [2.24, 2.45) is 0 Å². The Bertz CT molecular complexity index is 1280. The second-order valence-corrected chi connectivity index (χ2v) is 8.75. The van der Waals surface area contributed by atoms with Gasteiger partial charge in [0.25, 0.3) is 0 Å². The topological polar surface area (TPSA) is 76.1 Å². The number of nitrogens with zero attached hydrogens (tertiary/aromatic N) is 5. The van der Waals surface area contributed by atoms with E-state index in [9.17, 15) is 26.3 Å². The molecule has 14 heteroatoms. The summed E-state index contributed by atoms with van der Waals surface area (Å²) in [5.74, 6) is 0.0640. The molecule has 7 nitrogen and oxygen atoms in total. The highest BCUT2D eigenvalue weighted by molar-refractivity contribution is 5.85. The lowest BCUT2D eigenvalue weighted by Crippen LogP contribution is -2.29. The first-order chi connectivity index (χ1) is 17.4. The SMILES string of the molecule is COc1nc(Nc2nc(C(C)C)nc3c2CCN(c2ncccc2C(F)(F)F)CC3)ccc1C(F)(F)F.Cl. The predicted octanol–water partition coefficient (Wildman–Crippen LogP) is 6.21. The van der Waals surface area contributed by atoms with Gasteiger partial charge in [0.2, 0.25) is 5.88 Å². The third-order valence-electron chi connectivity index (χ3n) is 5.87. The van der Waals surface area contributed by atoms with Crippen molar-refractivity contribution in [1.82, 2.24) is 19.9 Å². The maximum Gasteiger partial charge on any atom is 0.421 e. The summed E-state index contributed by atoms with van der Waals surface area (Å²) in [6.07, 6.45) is -7.28. The van der Waals surface area contributed by atoms with Crippen molar-refractivity contribution in [3.8, 4) is 5.88 Å². The van der Waals surface area contributed by atoms with Gasteiger partial charge in [-0.2, -0.15) is 31.3 Å². The molecule has 4 heterocycles. The summed E-state index contributed by atoms with van der Waals surface area (Å²) >= 11 is 0. The molecular weight excluding hydrogens is 538 g/mol. The Balaban J connectivity index is 0.00000400. The normalized spacial score (nSPS) is 14.0. The van der Waals surface area contributed by atoms with Gasteiger partial charge >= 0.3 is 12.4 Å². The van der Waals surface area contributed by atoms with Crippen LogP contribution in [0, 0.1) is 0 Å². The van der Waals surface area contributed by atoms with Crippen molar-refractivity contribution in [1.29, 1.82) is 0 Å². The molecule has 206 valence electrons. The average Bonchev–Trinajstić information content (AvgIpc) is 3.05. The molecule has 4 rings (SSSR count). The van der Waals surface area contributed by atoms with Crippen LogP contribution in [0.5, 0.6) is 5.88 Å². The van der Waals surface area contributed by atoms with Gasteiger partial charge in [0.1, 0.15) is 28.8 Å². The third kappa shape index (κ3) is 6.20. The quantitative estimate of drug-likeness (QED) is 0.371. The molecule has 0 saturated carbocycles. The first kappa shape index (κ1) is 29.2. The molecule has 0 unspecified atom stereocenters. The summed E-state index contributed by atoms with van der Waals surface area (Å²) < 4.78 is 85.3. The van der Waals surface area contributed by atoms with Gasteiger partial charge in [0.05, 0.1) is 18.4 Å². The maximum absolute atomic E-state index is 13.6. The summed E-state index contributed by atoms with van der Waals surface area (Å²) in [4.78, 5) is 18.7. The number of rotatable bonds is 5. The molecule has 0 atom stereocenters. The first-order valence-corrected chi connectivity index (χ1v) is 11.4. The standard InChI is InChI=1S/C24H24F6N6O.ClH/c1-13(2)19-32-17-9-12-36(21-15(23(25,26)27)5-4-10-31-21)11-8-14(17)20(35-19)33-18-7-6-16(24(28,29)30)22(34-18)37-3;/h4-7,10,13H,8-9,11-12H2,1-3H3,(H,32,33,34,35);1H. The van der Waals surface area contributed by atoms with Crippen LogP contribution >= 0.6 is 12.4 Å². The minimum absolute atomic E-state index is 0. The van der Waals surface area contributed by atoms with E-state index in [0.29, 0.717) is 29.3 Å². The molecule has 0 aliphatic carbocycles. The molecule has 0 bridgehead atoms. The number of fused-ring (bicyclic) bond motifs is 1. The van der Waals surface area contributed by atoms with Gasteiger partial charge in [0, 0.05) is 37.2 Å². The van der Waals surface area contributed by atoms with E-state index in [1.807, 2.05) is 13.8 Å². The van der Waals surface area contributed by atoms with E-state index in [4.69, 9.17) is 4.74 Å². The average molecular weight is 563 g/mol. The largest absolute Gasteiger partial charge is 0.481 e. The second-order valence-electron chi connectivity index (χ2n) is 8.75. The van der Waals surface area contributed by atoms with E-state index in [2.05, 4.69) is 25.3 Å². The fourth-order valence-electron chi connectivity index (χ4n) is 4.06. The molecule has 1 aliphatic rings. The molecule has 1 aliphatic heterocycles. The van der Waals surface area contributed by atoms with Crippen molar-refractivity contribution < 1.29 is 31.1 Å². The number of halogens is 7. The molecule has 0 radical (unpaired) electrons. The summed E-state index contributed by atoms with van der Waals surface area (Å²) in [7, 11) is 1.09. The minimum atomic E-state index is -4.64. The summed E-state index contributed by atoms with van der Waals surface area (Å²) in [5.41, 5.74) is -0.546. The number of ether oxygens (including phenoxy) is 1. The van der Waals surface area contributed by atoms with Crippen LogP contribution < -0.4 is 15.0 Å². The lowest BCUT2D eigenvalue weighted by molar-refractivity contribution is -0.139. The molecule has 38 heavy (non-hydrogen) atoms. The zero-order chi connectivity index (χ0) is 27.0. The first-order valence-electron chi connectivity index (χ1n) is 11.4. The number of hydrogen-bond acceptors (Lipinski definition) is 7. The Kier molecular flexibility index (Phi) is 8.59. The Morgan fingerprint density at radius 3 is 2.24 bits per heavy atom. The third-order valence-corrected chi connectivity index (χ3v) is 5.87. The molecule has 0 spiro atoms. The van der Waals surface area contributed by atoms with E-state index in [-0.39, 0.29) is 49.5 Å². The van der Waals surface area contributed by atoms with Crippen LogP contribution in [0.1, 0.15) is 48.0 Å². The van der Waals surface area contributed by atoms with Gasteiger partial charge in [-0.05, 0) is 30.7 Å². The molecule has 3 aromatic heterocycles. The van der Waals surface area contributed by atoms with E-state index in [0.717, 1.165) is 19.2 Å². The van der Waals surface area contributed by atoms with Crippen LogP contribution in [-0.2, 0) is 25.2 Å². The minimum Gasteiger partial charge on any atom is -0.481 e. The highest BCUT2D eigenvalue weighted by atomic mass is 35.5. The maximum atomic E-state index is 13.6.